The van der Waals surface area contributed by atoms with E-state index in [0.29, 0.717) is 38.5 Å². The summed E-state index contributed by atoms with van der Waals surface area (Å²) in [5.41, 5.74) is 2.30. The molecule has 0 radical (unpaired) electrons. The van der Waals surface area contributed by atoms with Gasteiger partial charge in [0.05, 0.1) is 19.0 Å². The number of benzene rings is 2. The number of halogens is 1. The maximum atomic E-state index is 13.3. The number of nitrogens with one attached hydrogen (secondary N) is 1. The van der Waals surface area contributed by atoms with Crippen LogP contribution in [-0.4, -0.2) is 42.1 Å². The van der Waals surface area contributed by atoms with Crippen LogP contribution in [0, 0.1) is 6.92 Å². The second-order valence-electron chi connectivity index (χ2n) is 7.44. The second-order valence-corrected chi connectivity index (χ2v) is 7.87. The number of nitrogens with zero attached hydrogens (tertiary/aromatic N) is 1. The molecule has 0 unspecified atom stereocenters. The minimum atomic E-state index is -0.962. The Morgan fingerprint density at radius 3 is 2.52 bits per heavy atom. The lowest BCUT2D eigenvalue weighted by molar-refractivity contribution is -0.154. The molecule has 8 heteroatoms. The number of carbonyl (C=O) groups excluding carboxylic acids is 3. The van der Waals surface area contributed by atoms with Gasteiger partial charge in [0.25, 0.3) is 11.8 Å². The summed E-state index contributed by atoms with van der Waals surface area (Å²) in [5, 5.41) is 3.81. The summed E-state index contributed by atoms with van der Waals surface area (Å²) in [6.07, 6.45) is 0.460. The van der Waals surface area contributed by atoms with E-state index in [4.69, 9.17) is 21.1 Å². The fourth-order valence-corrected chi connectivity index (χ4v) is 3.67. The van der Waals surface area contributed by atoms with Crippen molar-refractivity contribution < 1.29 is 23.9 Å². The molecule has 1 aromatic heterocycles. The van der Waals surface area contributed by atoms with Gasteiger partial charge in [-0.3, -0.25) is 19.0 Å². The number of aromatic nitrogens is 1. The minimum Gasteiger partial charge on any atom is -0.497 e. The highest BCUT2D eigenvalue weighted by Gasteiger charge is 2.24. The lowest BCUT2D eigenvalue weighted by atomic mass is 10.1. The van der Waals surface area contributed by atoms with E-state index in [0.717, 1.165) is 0 Å². The molecule has 3 aromatic rings. The van der Waals surface area contributed by atoms with Gasteiger partial charge in [-0.15, -0.1) is 6.58 Å². The third-order valence-electron chi connectivity index (χ3n) is 5.26. The van der Waals surface area contributed by atoms with Crippen LogP contribution >= 0.6 is 11.6 Å². The first kappa shape index (κ1) is 24.1. The zero-order valence-corrected chi connectivity index (χ0v) is 19.4. The zero-order valence-electron chi connectivity index (χ0n) is 18.7. The highest BCUT2D eigenvalue weighted by atomic mass is 35.5. The van der Waals surface area contributed by atoms with Crippen LogP contribution < -0.4 is 10.1 Å². The molecule has 0 bridgehead atoms. The lowest BCUT2D eigenvalue weighted by Crippen LogP contribution is -2.36. The Hall–Kier alpha value is -3.58. The van der Waals surface area contributed by atoms with Gasteiger partial charge >= 0.3 is 5.97 Å². The summed E-state index contributed by atoms with van der Waals surface area (Å²) in [7, 11) is 1.54. The standard InChI is InChI=1S/C25H25ClN2O5/c1-5-12-27-24(30)16(3)33-23(29)14-20-15(2)28(22-11-10-19(32-4)13-21(20)22)25(31)17-6-8-18(26)9-7-17/h5-11,13,16H,1,12,14H2,2-4H3,(H,27,30)/t16-/m0/s1. The monoisotopic (exact) mass is 468 g/mol. The molecular weight excluding hydrogens is 444 g/mol. The Labute approximate surface area is 196 Å². The predicted octanol–water partition coefficient (Wildman–Crippen LogP) is 4.08. The van der Waals surface area contributed by atoms with Gasteiger partial charge in [-0.1, -0.05) is 17.7 Å². The molecule has 2 aromatic carbocycles. The van der Waals surface area contributed by atoms with Crippen LogP contribution in [-0.2, 0) is 20.7 Å². The van der Waals surface area contributed by atoms with E-state index in [-0.39, 0.29) is 18.9 Å². The third-order valence-corrected chi connectivity index (χ3v) is 5.51. The number of amides is 1. The molecule has 33 heavy (non-hydrogen) atoms. The van der Waals surface area contributed by atoms with Gasteiger partial charge in [0.1, 0.15) is 5.75 Å². The molecule has 1 atom stereocenters. The third kappa shape index (κ3) is 5.26. The van der Waals surface area contributed by atoms with Crippen LogP contribution in [0.1, 0.15) is 28.5 Å². The fourth-order valence-electron chi connectivity index (χ4n) is 3.55. The molecule has 0 saturated carbocycles. The average molecular weight is 469 g/mol. The maximum Gasteiger partial charge on any atom is 0.311 e. The normalized spacial score (nSPS) is 11.6. The quantitative estimate of drug-likeness (QED) is 0.397. The van der Waals surface area contributed by atoms with Gasteiger partial charge in [-0.25, -0.2) is 0 Å². The molecule has 0 saturated heterocycles. The van der Waals surface area contributed by atoms with Crippen LogP contribution in [0.4, 0.5) is 0 Å². The van der Waals surface area contributed by atoms with Gasteiger partial charge in [0.2, 0.25) is 0 Å². The molecule has 1 amide bonds. The van der Waals surface area contributed by atoms with Crippen LogP contribution in [0.25, 0.3) is 10.9 Å². The number of hydrogen-bond donors (Lipinski definition) is 1. The van der Waals surface area contributed by atoms with Gasteiger partial charge in [-0.2, -0.15) is 0 Å². The summed E-state index contributed by atoms with van der Waals surface area (Å²) in [5.74, 6) is -0.663. The number of fused-ring (bicyclic) bond motifs is 1. The Morgan fingerprint density at radius 2 is 1.88 bits per heavy atom. The number of esters is 1. The topological polar surface area (TPSA) is 86.6 Å². The van der Waals surface area contributed by atoms with Crippen molar-refractivity contribution in [2.45, 2.75) is 26.4 Å². The fraction of sp³-hybridized carbons (Fsp3) is 0.240. The molecule has 1 N–H and O–H groups in total. The molecule has 0 aliphatic carbocycles. The van der Waals surface area contributed by atoms with Gasteiger partial charge < -0.3 is 14.8 Å². The van der Waals surface area contributed by atoms with Crippen molar-refractivity contribution >= 4 is 40.3 Å². The summed E-state index contributed by atoms with van der Waals surface area (Å²) >= 11 is 5.96. The largest absolute Gasteiger partial charge is 0.497 e. The maximum absolute atomic E-state index is 13.3. The van der Waals surface area contributed by atoms with Crippen LogP contribution in [0.5, 0.6) is 5.75 Å². The Morgan fingerprint density at radius 1 is 1.18 bits per heavy atom. The van der Waals surface area contributed by atoms with E-state index in [1.54, 1.807) is 61.1 Å². The van der Waals surface area contributed by atoms with Crippen LogP contribution in [0.3, 0.4) is 0 Å². The molecule has 0 spiro atoms. The summed E-state index contributed by atoms with van der Waals surface area (Å²) in [6.45, 7) is 7.08. The Kier molecular flexibility index (Phi) is 7.55. The minimum absolute atomic E-state index is 0.116. The van der Waals surface area contributed by atoms with Crippen molar-refractivity contribution in [1.29, 1.82) is 0 Å². The number of methoxy groups -OCH3 is 1. The van der Waals surface area contributed by atoms with Crippen LogP contribution in [0.15, 0.2) is 55.1 Å². The average Bonchev–Trinajstić information content (AvgIpc) is 3.07. The highest BCUT2D eigenvalue weighted by molar-refractivity contribution is 6.30. The predicted molar refractivity (Wildman–Crippen MR) is 127 cm³/mol. The Bertz CT molecular complexity index is 1210. The smallest absolute Gasteiger partial charge is 0.311 e. The van der Waals surface area contributed by atoms with Crippen molar-refractivity contribution in [3.63, 3.8) is 0 Å². The molecule has 7 nitrogen and oxygen atoms in total. The first-order valence-corrected chi connectivity index (χ1v) is 10.7. The lowest BCUT2D eigenvalue weighted by Gasteiger charge is -2.13. The molecule has 172 valence electrons. The van der Waals surface area contributed by atoms with E-state index in [9.17, 15) is 14.4 Å². The number of ether oxygens (including phenoxy) is 2. The highest BCUT2D eigenvalue weighted by Crippen LogP contribution is 2.31. The zero-order chi connectivity index (χ0) is 24.1. The van der Waals surface area contributed by atoms with E-state index >= 15 is 0 Å². The molecular formula is C25H25ClN2O5. The van der Waals surface area contributed by atoms with Crippen molar-refractivity contribution in [1.82, 2.24) is 9.88 Å². The second kappa shape index (κ2) is 10.4. The van der Waals surface area contributed by atoms with Gasteiger partial charge in [0, 0.05) is 28.2 Å². The first-order chi connectivity index (χ1) is 15.8. The summed E-state index contributed by atoms with van der Waals surface area (Å²) in [4.78, 5) is 38.0. The molecule has 3 rings (SSSR count). The van der Waals surface area contributed by atoms with E-state index in [2.05, 4.69) is 11.9 Å². The Balaban J connectivity index is 1.97. The SMILES string of the molecule is C=CCNC(=O)[C@H](C)OC(=O)Cc1c(C)n(C(=O)c2ccc(Cl)cc2)c2ccc(OC)cc12. The van der Waals surface area contributed by atoms with Crippen molar-refractivity contribution in [2.24, 2.45) is 0 Å². The van der Waals surface area contributed by atoms with E-state index in [1.807, 2.05) is 0 Å². The van der Waals surface area contributed by atoms with E-state index in [1.165, 1.54) is 13.0 Å². The number of rotatable bonds is 8. The number of hydrogen-bond acceptors (Lipinski definition) is 5. The molecule has 0 aliphatic heterocycles. The summed E-state index contributed by atoms with van der Waals surface area (Å²) < 4.78 is 12.2. The molecule has 1 heterocycles. The van der Waals surface area contributed by atoms with Crippen molar-refractivity contribution in [3.05, 3.63) is 77.0 Å². The first-order valence-electron chi connectivity index (χ1n) is 10.3. The molecule has 0 aliphatic rings. The van der Waals surface area contributed by atoms with Crippen molar-refractivity contribution in [2.75, 3.05) is 13.7 Å². The summed E-state index contributed by atoms with van der Waals surface area (Å²) in [6, 6.07) is 11.9. The van der Waals surface area contributed by atoms with Gasteiger partial charge in [0.15, 0.2) is 6.10 Å². The van der Waals surface area contributed by atoms with Crippen molar-refractivity contribution in [3.8, 4) is 5.75 Å². The molecule has 0 fully saturated rings. The number of carbonyl (C=O) groups is 3. The van der Waals surface area contributed by atoms with Crippen LogP contribution in [0.2, 0.25) is 5.02 Å². The van der Waals surface area contributed by atoms with Gasteiger partial charge in [-0.05, 0) is 61.9 Å². The van der Waals surface area contributed by atoms with E-state index < -0.39 is 18.0 Å².